The second-order valence-electron chi connectivity index (χ2n) is 2.24. The zero-order chi connectivity index (χ0) is 9.14. The number of aromatic nitrogens is 1. The Kier molecular flexibility index (Phi) is 3.74. The van der Waals surface area contributed by atoms with Gasteiger partial charge in [0.15, 0.2) is 4.47 Å². The summed E-state index contributed by atoms with van der Waals surface area (Å²) in [5.74, 6) is 0. The van der Waals surface area contributed by atoms with Crippen LogP contribution < -0.4 is 5.73 Å². The molecule has 68 valence electrons. The van der Waals surface area contributed by atoms with Crippen LogP contribution in [0.3, 0.4) is 0 Å². The molecule has 0 aliphatic carbocycles. The van der Waals surface area contributed by atoms with Crippen LogP contribution in [0.2, 0.25) is 9.62 Å². The second-order valence-corrected chi connectivity index (χ2v) is 4.21. The monoisotopic (exact) mass is 226 g/mol. The highest BCUT2D eigenvalue weighted by Gasteiger charge is 2.14. The Hall–Kier alpha value is 0.130. The van der Waals surface area contributed by atoms with Gasteiger partial charge in [-0.25, -0.2) is 4.98 Å². The van der Waals surface area contributed by atoms with E-state index in [1.165, 1.54) is 11.3 Å². The van der Waals surface area contributed by atoms with E-state index in [4.69, 9.17) is 34.0 Å². The summed E-state index contributed by atoms with van der Waals surface area (Å²) in [4.78, 5) is 4.53. The average Bonchev–Trinajstić information content (AvgIpc) is 2.30. The van der Waals surface area contributed by atoms with E-state index < -0.39 is 0 Å². The standard InChI is InChI=1S/C6H8Cl2N2OS/c7-5-4(3(9)1-2-11)12-6(8)10-5/h3,11H,1-2,9H2/t3-/m1/s1. The molecule has 1 aromatic rings. The van der Waals surface area contributed by atoms with Crippen molar-refractivity contribution in [2.45, 2.75) is 12.5 Å². The molecule has 0 bridgehead atoms. The van der Waals surface area contributed by atoms with Gasteiger partial charge < -0.3 is 10.8 Å². The summed E-state index contributed by atoms with van der Waals surface area (Å²) in [7, 11) is 0. The van der Waals surface area contributed by atoms with Gasteiger partial charge in [0.1, 0.15) is 5.15 Å². The summed E-state index contributed by atoms with van der Waals surface area (Å²) in [5.41, 5.74) is 5.69. The summed E-state index contributed by atoms with van der Waals surface area (Å²) in [6.45, 7) is 0.0347. The largest absolute Gasteiger partial charge is 0.396 e. The van der Waals surface area contributed by atoms with Gasteiger partial charge in [-0.05, 0) is 6.42 Å². The van der Waals surface area contributed by atoms with Crippen LogP contribution in [-0.2, 0) is 0 Å². The number of halogens is 2. The van der Waals surface area contributed by atoms with Gasteiger partial charge in [-0.15, -0.1) is 11.3 Å². The Balaban J connectivity index is 2.79. The highest BCUT2D eigenvalue weighted by Crippen LogP contribution is 2.31. The Morgan fingerprint density at radius 1 is 1.58 bits per heavy atom. The molecule has 1 rings (SSSR count). The number of hydrogen-bond acceptors (Lipinski definition) is 4. The van der Waals surface area contributed by atoms with E-state index in [2.05, 4.69) is 4.98 Å². The highest BCUT2D eigenvalue weighted by atomic mass is 35.5. The first-order chi connectivity index (χ1) is 5.65. The van der Waals surface area contributed by atoms with E-state index in [9.17, 15) is 0 Å². The molecular weight excluding hydrogens is 219 g/mol. The van der Waals surface area contributed by atoms with Gasteiger partial charge >= 0.3 is 0 Å². The van der Waals surface area contributed by atoms with Crippen molar-refractivity contribution in [1.82, 2.24) is 4.98 Å². The number of aliphatic hydroxyl groups excluding tert-OH is 1. The van der Waals surface area contributed by atoms with Crippen LogP contribution in [0.5, 0.6) is 0 Å². The lowest BCUT2D eigenvalue weighted by Crippen LogP contribution is -2.10. The fourth-order valence-electron chi connectivity index (χ4n) is 0.787. The molecule has 0 amide bonds. The predicted molar refractivity (Wildman–Crippen MR) is 50.8 cm³/mol. The van der Waals surface area contributed by atoms with Crippen molar-refractivity contribution in [3.8, 4) is 0 Å². The van der Waals surface area contributed by atoms with Crippen molar-refractivity contribution < 1.29 is 5.11 Å². The molecule has 3 nitrogen and oxygen atoms in total. The third kappa shape index (κ3) is 2.31. The molecule has 0 aromatic carbocycles. The Morgan fingerprint density at radius 2 is 2.25 bits per heavy atom. The number of rotatable bonds is 3. The number of nitrogens with two attached hydrogens (primary N) is 1. The molecule has 0 saturated heterocycles. The summed E-state index contributed by atoms with van der Waals surface area (Å²) in [6.07, 6.45) is 0.470. The van der Waals surface area contributed by atoms with Crippen molar-refractivity contribution in [3.63, 3.8) is 0 Å². The molecule has 0 fully saturated rings. The fourth-order valence-corrected chi connectivity index (χ4v) is 2.27. The first-order valence-electron chi connectivity index (χ1n) is 3.33. The topological polar surface area (TPSA) is 59.1 Å². The molecule has 0 saturated carbocycles. The van der Waals surface area contributed by atoms with E-state index >= 15 is 0 Å². The highest BCUT2D eigenvalue weighted by molar-refractivity contribution is 7.16. The maximum absolute atomic E-state index is 8.62. The van der Waals surface area contributed by atoms with Gasteiger partial charge in [0.05, 0.1) is 4.88 Å². The zero-order valence-corrected chi connectivity index (χ0v) is 8.46. The Morgan fingerprint density at radius 3 is 2.67 bits per heavy atom. The molecule has 0 aliphatic heterocycles. The lowest BCUT2D eigenvalue weighted by molar-refractivity contribution is 0.277. The first kappa shape index (κ1) is 10.2. The van der Waals surface area contributed by atoms with Crippen molar-refractivity contribution in [2.75, 3.05) is 6.61 Å². The third-order valence-corrected chi connectivity index (χ3v) is 3.05. The maximum atomic E-state index is 8.62. The number of thiazole rings is 1. The fraction of sp³-hybridized carbons (Fsp3) is 0.500. The third-order valence-electron chi connectivity index (χ3n) is 1.36. The van der Waals surface area contributed by atoms with Gasteiger partial charge in [-0.3, -0.25) is 0 Å². The summed E-state index contributed by atoms with van der Waals surface area (Å²) in [5, 5.41) is 8.96. The molecule has 1 heterocycles. The van der Waals surface area contributed by atoms with Crippen molar-refractivity contribution in [3.05, 3.63) is 14.5 Å². The Bertz CT molecular complexity index is 266. The van der Waals surface area contributed by atoms with E-state index in [-0.39, 0.29) is 12.6 Å². The summed E-state index contributed by atoms with van der Waals surface area (Å²) >= 11 is 12.6. The number of aliphatic hydroxyl groups is 1. The molecule has 0 unspecified atom stereocenters. The summed E-state index contributed by atoms with van der Waals surface area (Å²) in [6, 6.07) is -0.271. The van der Waals surface area contributed by atoms with Crippen LogP contribution in [0.15, 0.2) is 0 Å². The minimum Gasteiger partial charge on any atom is -0.396 e. The zero-order valence-electron chi connectivity index (χ0n) is 6.13. The van der Waals surface area contributed by atoms with Gasteiger partial charge in [-0.1, -0.05) is 23.2 Å². The van der Waals surface area contributed by atoms with E-state index in [0.29, 0.717) is 16.0 Å². The smallest absolute Gasteiger partial charge is 0.185 e. The molecular formula is C6H8Cl2N2OS. The van der Waals surface area contributed by atoms with Crippen LogP contribution in [0, 0.1) is 0 Å². The predicted octanol–water partition coefficient (Wildman–Crippen LogP) is 1.83. The molecule has 1 atom stereocenters. The van der Waals surface area contributed by atoms with Gasteiger partial charge in [0, 0.05) is 12.6 Å². The van der Waals surface area contributed by atoms with Gasteiger partial charge in [0.25, 0.3) is 0 Å². The molecule has 0 radical (unpaired) electrons. The molecule has 0 aliphatic rings. The lowest BCUT2D eigenvalue weighted by Gasteiger charge is -2.05. The number of hydrogen-bond donors (Lipinski definition) is 2. The van der Waals surface area contributed by atoms with Crippen LogP contribution >= 0.6 is 34.5 Å². The van der Waals surface area contributed by atoms with Crippen molar-refractivity contribution in [1.29, 1.82) is 0 Å². The first-order valence-corrected chi connectivity index (χ1v) is 4.90. The quantitative estimate of drug-likeness (QED) is 0.828. The van der Waals surface area contributed by atoms with Crippen LogP contribution in [0.1, 0.15) is 17.3 Å². The van der Waals surface area contributed by atoms with Gasteiger partial charge in [-0.2, -0.15) is 0 Å². The lowest BCUT2D eigenvalue weighted by atomic mass is 10.2. The molecule has 3 N–H and O–H groups in total. The van der Waals surface area contributed by atoms with Crippen LogP contribution in [0.4, 0.5) is 0 Å². The molecule has 1 aromatic heterocycles. The van der Waals surface area contributed by atoms with Crippen LogP contribution in [0.25, 0.3) is 0 Å². The summed E-state index contributed by atoms with van der Waals surface area (Å²) < 4.78 is 0.378. The molecule has 6 heteroatoms. The Labute approximate surface area is 84.1 Å². The van der Waals surface area contributed by atoms with Crippen LogP contribution in [-0.4, -0.2) is 16.7 Å². The number of nitrogens with zero attached hydrogens (tertiary/aromatic N) is 1. The molecule has 12 heavy (non-hydrogen) atoms. The maximum Gasteiger partial charge on any atom is 0.185 e. The second kappa shape index (κ2) is 4.39. The SMILES string of the molecule is N[C@H](CCO)c1sc(Cl)nc1Cl. The minimum atomic E-state index is -0.271. The van der Waals surface area contributed by atoms with Crippen molar-refractivity contribution in [2.24, 2.45) is 5.73 Å². The minimum absolute atomic E-state index is 0.0347. The van der Waals surface area contributed by atoms with E-state index in [0.717, 1.165) is 4.88 Å². The average molecular weight is 227 g/mol. The van der Waals surface area contributed by atoms with Crippen molar-refractivity contribution >= 4 is 34.5 Å². The van der Waals surface area contributed by atoms with Gasteiger partial charge in [0.2, 0.25) is 0 Å². The van der Waals surface area contributed by atoms with E-state index in [1.54, 1.807) is 0 Å². The normalized spacial score (nSPS) is 13.3. The van der Waals surface area contributed by atoms with E-state index in [1.807, 2.05) is 0 Å². The molecule has 0 spiro atoms.